The van der Waals surface area contributed by atoms with E-state index in [2.05, 4.69) is 16.8 Å². The number of likely N-dealkylation sites (N-methyl/N-ethyl adjacent to an activating group) is 1. The van der Waals surface area contributed by atoms with E-state index in [1.807, 2.05) is 45.0 Å². The Morgan fingerprint density at radius 3 is 2.62 bits per heavy atom. The largest absolute Gasteiger partial charge is 0.293 e. The predicted molar refractivity (Wildman–Crippen MR) is 88.0 cm³/mol. The van der Waals surface area contributed by atoms with Gasteiger partial charge in [0.05, 0.1) is 12.2 Å². The summed E-state index contributed by atoms with van der Waals surface area (Å²) >= 11 is 1.69. The number of carbonyl (C=O) groups is 1. The summed E-state index contributed by atoms with van der Waals surface area (Å²) in [5.41, 5.74) is 2.90. The predicted octanol–water partition coefficient (Wildman–Crippen LogP) is 3.77. The summed E-state index contributed by atoms with van der Waals surface area (Å²) in [6, 6.07) is 8.02. The van der Waals surface area contributed by atoms with Crippen LogP contribution in [0.5, 0.6) is 0 Å². The molecule has 2 aromatic heterocycles. The molecule has 0 N–H and O–H groups in total. The molecule has 2 heterocycles. The van der Waals surface area contributed by atoms with Crippen molar-refractivity contribution in [3.63, 3.8) is 0 Å². The first-order chi connectivity index (χ1) is 9.99. The summed E-state index contributed by atoms with van der Waals surface area (Å²) in [5, 5.41) is 0. The van der Waals surface area contributed by atoms with Crippen molar-refractivity contribution >= 4 is 17.1 Å². The van der Waals surface area contributed by atoms with Gasteiger partial charge >= 0.3 is 0 Å². The van der Waals surface area contributed by atoms with Gasteiger partial charge in [-0.2, -0.15) is 0 Å². The van der Waals surface area contributed by atoms with Gasteiger partial charge in [0.15, 0.2) is 5.78 Å². The van der Waals surface area contributed by atoms with E-state index in [-0.39, 0.29) is 5.78 Å². The number of pyridine rings is 1. The molecule has 21 heavy (non-hydrogen) atoms. The number of Topliss-reactive ketones (excluding diaryl/α,β-unsaturated/α-hetero) is 1. The van der Waals surface area contributed by atoms with E-state index in [0.29, 0.717) is 13.1 Å². The second-order valence-electron chi connectivity index (χ2n) is 5.32. The molecular weight excluding hydrogens is 280 g/mol. The molecule has 0 spiro atoms. The summed E-state index contributed by atoms with van der Waals surface area (Å²) < 4.78 is 0. The Morgan fingerprint density at radius 1 is 1.29 bits per heavy atom. The minimum atomic E-state index is 0.200. The molecule has 0 amide bonds. The number of nitrogens with zero attached hydrogens (tertiary/aromatic N) is 2. The lowest BCUT2D eigenvalue weighted by atomic mass is 10.1. The molecule has 0 saturated carbocycles. The van der Waals surface area contributed by atoms with Gasteiger partial charge in [0.25, 0.3) is 0 Å². The fourth-order valence-electron chi connectivity index (χ4n) is 2.39. The first-order valence-corrected chi connectivity index (χ1v) is 8.06. The number of aromatic nitrogens is 1. The molecule has 112 valence electrons. The minimum Gasteiger partial charge on any atom is -0.293 e. The number of rotatable bonds is 6. The van der Waals surface area contributed by atoms with Gasteiger partial charge in [-0.3, -0.25) is 14.7 Å². The Balaban J connectivity index is 2.05. The summed E-state index contributed by atoms with van der Waals surface area (Å²) in [5.74, 6) is 0.200. The number of hydrogen-bond donors (Lipinski definition) is 0. The van der Waals surface area contributed by atoms with Gasteiger partial charge in [0.1, 0.15) is 0 Å². The van der Waals surface area contributed by atoms with E-state index in [9.17, 15) is 4.79 Å². The third kappa shape index (κ3) is 4.22. The van der Waals surface area contributed by atoms with Crippen molar-refractivity contribution < 1.29 is 4.79 Å². The summed E-state index contributed by atoms with van der Waals surface area (Å²) in [7, 11) is 0. The minimum absolute atomic E-state index is 0.200. The molecule has 0 atom stereocenters. The highest BCUT2D eigenvalue weighted by Crippen LogP contribution is 2.21. The zero-order valence-corrected chi connectivity index (χ0v) is 14.0. The maximum atomic E-state index is 12.4. The number of thiophene rings is 1. The second kappa shape index (κ2) is 6.96. The van der Waals surface area contributed by atoms with E-state index in [4.69, 9.17) is 0 Å². The second-order valence-corrected chi connectivity index (χ2v) is 6.78. The Kier molecular flexibility index (Phi) is 5.26. The van der Waals surface area contributed by atoms with Gasteiger partial charge in [0, 0.05) is 27.6 Å². The molecule has 0 bridgehead atoms. The van der Waals surface area contributed by atoms with Crippen LogP contribution >= 0.6 is 11.3 Å². The normalized spacial score (nSPS) is 11.1. The standard InChI is InChI=1S/C17H22N2OS/c1-5-19(10-15-8-6-7-12(2)18-15)11-17(20)16-9-13(3)21-14(16)4/h6-9H,5,10-11H2,1-4H3. The lowest BCUT2D eigenvalue weighted by Gasteiger charge is -2.19. The zero-order valence-electron chi connectivity index (χ0n) is 13.1. The summed E-state index contributed by atoms with van der Waals surface area (Å²) in [6.45, 7) is 10.1. The molecule has 0 saturated heterocycles. The molecule has 0 aliphatic carbocycles. The highest BCUT2D eigenvalue weighted by Gasteiger charge is 2.16. The average molecular weight is 302 g/mol. The van der Waals surface area contributed by atoms with E-state index in [1.54, 1.807) is 11.3 Å². The van der Waals surface area contributed by atoms with Gasteiger partial charge in [-0.1, -0.05) is 13.0 Å². The first kappa shape index (κ1) is 15.9. The van der Waals surface area contributed by atoms with Crippen molar-refractivity contribution in [2.45, 2.75) is 34.2 Å². The summed E-state index contributed by atoms with van der Waals surface area (Å²) in [4.78, 5) is 21.4. The van der Waals surface area contributed by atoms with E-state index in [1.165, 1.54) is 4.88 Å². The molecule has 0 unspecified atom stereocenters. The van der Waals surface area contributed by atoms with E-state index < -0.39 is 0 Å². The maximum absolute atomic E-state index is 12.4. The lowest BCUT2D eigenvalue weighted by molar-refractivity contribution is 0.0928. The van der Waals surface area contributed by atoms with Crippen molar-refractivity contribution in [2.75, 3.05) is 13.1 Å². The summed E-state index contributed by atoms with van der Waals surface area (Å²) in [6.07, 6.45) is 0. The number of aryl methyl sites for hydroxylation is 3. The van der Waals surface area contributed by atoms with Crippen LogP contribution in [0.15, 0.2) is 24.3 Å². The fourth-order valence-corrected chi connectivity index (χ4v) is 3.33. The third-order valence-electron chi connectivity index (χ3n) is 3.49. The van der Waals surface area contributed by atoms with Crippen LogP contribution in [-0.2, 0) is 6.54 Å². The Bertz CT molecular complexity index is 633. The molecule has 0 aliphatic heterocycles. The van der Waals surface area contributed by atoms with Crippen molar-refractivity contribution in [3.05, 3.63) is 51.0 Å². The van der Waals surface area contributed by atoms with Crippen LogP contribution in [-0.4, -0.2) is 28.8 Å². The zero-order chi connectivity index (χ0) is 15.4. The van der Waals surface area contributed by atoms with Crippen LogP contribution < -0.4 is 0 Å². The van der Waals surface area contributed by atoms with Gasteiger partial charge in [-0.25, -0.2) is 0 Å². The SMILES string of the molecule is CCN(CC(=O)c1cc(C)sc1C)Cc1cccc(C)n1. The number of hydrogen-bond acceptors (Lipinski definition) is 4. The molecule has 0 aliphatic rings. The van der Waals surface area contributed by atoms with Crippen molar-refractivity contribution in [1.29, 1.82) is 0 Å². The highest BCUT2D eigenvalue weighted by atomic mass is 32.1. The van der Waals surface area contributed by atoms with Gasteiger partial charge in [-0.05, 0) is 45.5 Å². The van der Waals surface area contributed by atoms with Gasteiger partial charge in [-0.15, -0.1) is 11.3 Å². The number of ketones is 1. The maximum Gasteiger partial charge on any atom is 0.177 e. The molecule has 0 radical (unpaired) electrons. The molecule has 3 nitrogen and oxygen atoms in total. The van der Waals surface area contributed by atoms with E-state index >= 15 is 0 Å². The van der Waals surface area contributed by atoms with E-state index in [0.717, 1.165) is 28.4 Å². The molecule has 2 rings (SSSR count). The van der Waals surface area contributed by atoms with Crippen LogP contribution in [0.4, 0.5) is 0 Å². The number of carbonyl (C=O) groups excluding carboxylic acids is 1. The van der Waals surface area contributed by atoms with Crippen LogP contribution in [0.1, 0.15) is 38.4 Å². The van der Waals surface area contributed by atoms with Crippen molar-refractivity contribution in [2.24, 2.45) is 0 Å². The fraction of sp³-hybridized carbons (Fsp3) is 0.412. The molecule has 4 heteroatoms. The van der Waals surface area contributed by atoms with Gasteiger partial charge < -0.3 is 0 Å². The van der Waals surface area contributed by atoms with Gasteiger partial charge in [0.2, 0.25) is 0 Å². The molecular formula is C17H22N2OS. The van der Waals surface area contributed by atoms with Crippen LogP contribution in [0, 0.1) is 20.8 Å². The van der Waals surface area contributed by atoms with Crippen LogP contribution in [0.2, 0.25) is 0 Å². The molecule has 0 aromatic carbocycles. The quantitative estimate of drug-likeness (QED) is 0.762. The Labute approximate surface area is 130 Å². The smallest absolute Gasteiger partial charge is 0.177 e. The monoisotopic (exact) mass is 302 g/mol. The third-order valence-corrected chi connectivity index (χ3v) is 4.45. The highest BCUT2D eigenvalue weighted by molar-refractivity contribution is 7.12. The molecule has 2 aromatic rings. The van der Waals surface area contributed by atoms with Crippen LogP contribution in [0.3, 0.4) is 0 Å². The Morgan fingerprint density at radius 2 is 2.05 bits per heavy atom. The average Bonchev–Trinajstić information content (AvgIpc) is 2.77. The van der Waals surface area contributed by atoms with Crippen molar-refractivity contribution in [3.8, 4) is 0 Å². The Hall–Kier alpha value is -1.52. The topological polar surface area (TPSA) is 33.2 Å². The van der Waals surface area contributed by atoms with Crippen molar-refractivity contribution in [1.82, 2.24) is 9.88 Å². The molecule has 0 fully saturated rings. The van der Waals surface area contributed by atoms with Crippen LogP contribution in [0.25, 0.3) is 0 Å². The lowest BCUT2D eigenvalue weighted by Crippen LogP contribution is -2.29. The first-order valence-electron chi connectivity index (χ1n) is 7.24.